The molecule has 0 aromatic heterocycles. The average molecular weight is 257 g/mol. The van der Waals surface area contributed by atoms with Crippen molar-refractivity contribution in [2.24, 2.45) is 0 Å². The minimum atomic E-state index is -2.79. The van der Waals surface area contributed by atoms with Crippen molar-refractivity contribution in [3.8, 4) is 0 Å². The maximum absolute atomic E-state index is 11.3. The maximum Gasteiger partial charge on any atom is 0.151 e. The van der Waals surface area contributed by atoms with Crippen LogP contribution in [0.1, 0.15) is 12.0 Å². The quantitative estimate of drug-likeness (QED) is 0.822. The molecule has 88 valence electrons. The molecule has 0 saturated carbocycles. The largest absolute Gasteiger partial charge is 0.399 e. The Morgan fingerprint density at radius 1 is 1.44 bits per heavy atom. The molecule has 1 saturated heterocycles. The van der Waals surface area contributed by atoms with Gasteiger partial charge in [-0.05, 0) is 31.0 Å². The molecule has 0 amide bonds. The van der Waals surface area contributed by atoms with Gasteiger partial charge in [-0.25, -0.2) is 8.42 Å². The average Bonchev–Trinajstić information content (AvgIpc) is 2.52. The zero-order chi connectivity index (χ0) is 11.8. The summed E-state index contributed by atoms with van der Waals surface area (Å²) in [6, 6.07) is 5.76. The third kappa shape index (κ3) is 2.71. The first-order valence-corrected chi connectivity index (χ1v) is 7.89. The minimum Gasteiger partial charge on any atom is -0.399 e. The van der Waals surface area contributed by atoms with Gasteiger partial charge in [-0.1, -0.05) is 6.07 Å². The lowest BCUT2D eigenvalue weighted by Gasteiger charge is -2.10. The standard InChI is InChI=1S/C11H15NO2S2/c1-8-2-3-9(12)6-11(8)15-10-4-5-16(13,14)7-10/h2-3,6,10H,4-5,7,12H2,1H3. The van der Waals surface area contributed by atoms with E-state index >= 15 is 0 Å². The van der Waals surface area contributed by atoms with Crippen LogP contribution in [0, 0.1) is 6.92 Å². The fraction of sp³-hybridized carbons (Fsp3) is 0.455. The van der Waals surface area contributed by atoms with Gasteiger partial charge in [0.25, 0.3) is 0 Å². The number of thioether (sulfide) groups is 1. The number of benzene rings is 1. The fourth-order valence-corrected chi connectivity index (χ4v) is 5.42. The SMILES string of the molecule is Cc1ccc(N)cc1SC1CCS(=O)(=O)C1. The number of nitrogen functional groups attached to an aromatic ring is 1. The lowest BCUT2D eigenvalue weighted by molar-refractivity contribution is 0.602. The highest BCUT2D eigenvalue weighted by molar-refractivity contribution is 8.01. The van der Waals surface area contributed by atoms with E-state index in [4.69, 9.17) is 5.73 Å². The first-order valence-electron chi connectivity index (χ1n) is 5.19. The summed E-state index contributed by atoms with van der Waals surface area (Å²) in [6.07, 6.45) is 0.751. The lowest BCUT2D eigenvalue weighted by Crippen LogP contribution is -2.06. The van der Waals surface area contributed by atoms with Gasteiger partial charge < -0.3 is 5.73 Å². The molecule has 0 bridgehead atoms. The summed E-state index contributed by atoms with van der Waals surface area (Å²) in [4.78, 5) is 1.10. The van der Waals surface area contributed by atoms with Gasteiger partial charge in [0.15, 0.2) is 9.84 Å². The van der Waals surface area contributed by atoms with Crippen molar-refractivity contribution in [3.05, 3.63) is 23.8 Å². The molecule has 5 heteroatoms. The zero-order valence-corrected chi connectivity index (χ0v) is 10.8. The van der Waals surface area contributed by atoms with Gasteiger partial charge in [0.05, 0.1) is 11.5 Å². The van der Waals surface area contributed by atoms with Gasteiger partial charge in [-0.2, -0.15) is 0 Å². The first-order chi connectivity index (χ1) is 7.46. The van der Waals surface area contributed by atoms with E-state index in [1.807, 2.05) is 25.1 Å². The van der Waals surface area contributed by atoms with Crippen LogP contribution >= 0.6 is 11.8 Å². The Labute approximate surface area is 100 Å². The van der Waals surface area contributed by atoms with Gasteiger partial charge in [-0.15, -0.1) is 11.8 Å². The Balaban J connectivity index is 2.13. The Morgan fingerprint density at radius 2 is 2.19 bits per heavy atom. The fourth-order valence-electron chi connectivity index (χ4n) is 1.78. The minimum absolute atomic E-state index is 0.186. The Hall–Kier alpha value is -0.680. The second-order valence-corrected chi connectivity index (χ2v) is 7.74. The van der Waals surface area contributed by atoms with Crippen molar-refractivity contribution in [3.63, 3.8) is 0 Å². The van der Waals surface area contributed by atoms with Gasteiger partial charge in [0.2, 0.25) is 0 Å². The molecule has 1 aromatic rings. The topological polar surface area (TPSA) is 60.2 Å². The highest BCUT2D eigenvalue weighted by atomic mass is 32.2. The molecule has 1 fully saturated rings. The molecule has 0 spiro atoms. The van der Waals surface area contributed by atoms with Gasteiger partial charge in [-0.3, -0.25) is 0 Å². The van der Waals surface area contributed by atoms with Crippen molar-refractivity contribution < 1.29 is 8.42 Å². The number of sulfone groups is 1. The van der Waals surface area contributed by atoms with Crippen LogP contribution in [0.4, 0.5) is 5.69 Å². The molecule has 3 nitrogen and oxygen atoms in total. The second-order valence-electron chi connectivity index (χ2n) is 4.17. The molecule has 16 heavy (non-hydrogen) atoms. The number of hydrogen-bond acceptors (Lipinski definition) is 4. The molecule has 1 aromatic carbocycles. The van der Waals surface area contributed by atoms with Crippen LogP contribution in [0.15, 0.2) is 23.1 Å². The number of aryl methyl sites for hydroxylation is 1. The van der Waals surface area contributed by atoms with E-state index in [1.165, 1.54) is 0 Å². The third-order valence-electron chi connectivity index (χ3n) is 2.70. The van der Waals surface area contributed by atoms with Crippen molar-refractivity contribution in [2.75, 3.05) is 17.2 Å². The molecule has 1 unspecified atom stereocenters. The summed E-state index contributed by atoms with van der Waals surface area (Å²) in [5.41, 5.74) is 7.61. The molecule has 0 radical (unpaired) electrons. The number of nitrogens with two attached hydrogens (primary N) is 1. The Morgan fingerprint density at radius 3 is 2.81 bits per heavy atom. The molecule has 1 atom stereocenters. The van der Waals surface area contributed by atoms with Crippen LogP contribution < -0.4 is 5.73 Å². The highest BCUT2D eigenvalue weighted by Crippen LogP contribution is 2.33. The summed E-state index contributed by atoms with van der Waals surface area (Å²) in [5.74, 6) is 0.623. The van der Waals surface area contributed by atoms with E-state index in [-0.39, 0.29) is 5.25 Å². The molecular formula is C11H15NO2S2. The van der Waals surface area contributed by atoms with Gasteiger partial charge >= 0.3 is 0 Å². The van der Waals surface area contributed by atoms with Crippen LogP contribution in [0.3, 0.4) is 0 Å². The van der Waals surface area contributed by atoms with E-state index in [9.17, 15) is 8.42 Å². The van der Waals surface area contributed by atoms with E-state index in [1.54, 1.807) is 11.8 Å². The summed E-state index contributed by atoms with van der Waals surface area (Å²) in [6.45, 7) is 2.02. The van der Waals surface area contributed by atoms with Crippen LogP contribution in [0.25, 0.3) is 0 Å². The lowest BCUT2D eigenvalue weighted by atomic mass is 10.2. The van der Waals surface area contributed by atoms with E-state index in [0.717, 1.165) is 22.6 Å². The summed E-state index contributed by atoms with van der Waals surface area (Å²) >= 11 is 1.64. The van der Waals surface area contributed by atoms with Crippen LogP contribution in [0.2, 0.25) is 0 Å². The van der Waals surface area contributed by atoms with Crippen molar-refractivity contribution in [1.82, 2.24) is 0 Å². The Bertz CT molecular complexity index is 497. The normalized spacial score (nSPS) is 23.4. The maximum atomic E-state index is 11.3. The van der Waals surface area contributed by atoms with Crippen LogP contribution in [-0.4, -0.2) is 25.2 Å². The van der Waals surface area contributed by atoms with Gasteiger partial charge in [0.1, 0.15) is 0 Å². The first kappa shape index (κ1) is 11.8. The molecule has 1 aliphatic rings. The second kappa shape index (κ2) is 4.30. The molecule has 2 rings (SSSR count). The predicted octanol–water partition coefficient (Wildman–Crippen LogP) is 1.86. The molecular weight excluding hydrogens is 242 g/mol. The predicted molar refractivity (Wildman–Crippen MR) is 68.5 cm³/mol. The highest BCUT2D eigenvalue weighted by Gasteiger charge is 2.28. The van der Waals surface area contributed by atoms with E-state index in [2.05, 4.69) is 0 Å². The smallest absolute Gasteiger partial charge is 0.151 e. The monoisotopic (exact) mass is 257 g/mol. The zero-order valence-electron chi connectivity index (χ0n) is 9.14. The Kier molecular flexibility index (Phi) is 3.17. The number of rotatable bonds is 2. The summed E-state index contributed by atoms with van der Waals surface area (Å²) < 4.78 is 22.7. The molecule has 0 aliphatic carbocycles. The van der Waals surface area contributed by atoms with Crippen LogP contribution in [0.5, 0.6) is 0 Å². The summed E-state index contributed by atoms with van der Waals surface area (Å²) in [7, 11) is -2.79. The van der Waals surface area contributed by atoms with Crippen molar-refractivity contribution in [1.29, 1.82) is 0 Å². The molecule has 2 N–H and O–H groups in total. The van der Waals surface area contributed by atoms with Gasteiger partial charge in [0, 0.05) is 15.8 Å². The molecule has 1 aliphatic heterocycles. The van der Waals surface area contributed by atoms with E-state index < -0.39 is 9.84 Å². The number of hydrogen-bond donors (Lipinski definition) is 1. The third-order valence-corrected chi connectivity index (χ3v) is 6.10. The van der Waals surface area contributed by atoms with Crippen LogP contribution in [-0.2, 0) is 9.84 Å². The van der Waals surface area contributed by atoms with E-state index in [0.29, 0.717) is 11.5 Å². The number of anilines is 1. The summed E-state index contributed by atoms with van der Waals surface area (Å²) in [5, 5.41) is 0.186. The van der Waals surface area contributed by atoms with Crippen molar-refractivity contribution in [2.45, 2.75) is 23.5 Å². The van der Waals surface area contributed by atoms with Crippen molar-refractivity contribution >= 4 is 27.3 Å². The molecule has 1 heterocycles.